The zero-order chi connectivity index (χ0) is 48.9. The SMILES string of the molecule is OCC[C@H]1O[C@H]2OC(CO)[C@@H](O[C@H]3OC(CO)[C@@H](O[C@@H](O)/C(O)=C(/O)[C@@H](CCO)O[C@H]4OC(CO)[C@@H](O[C@H]5OC(CO)[C@@H](O[C@@H](O)/C(O)=C\1O)C(O)C5O)C(O)C4O)C(O)C3O)C(O)C2O. The van der Waals surface area contributed by atoms with E-state index in [1.807, 2.05) is 0 Å². The molecular weight excluding hydrogens is 912 g/mol. The number of aliphatic hydroxyl groups excluding tert-OH is 20. The fourth-order valence-electron chi connectivity index (χ4n) is 7.75. The fraction of sp³-hybridized carbons (Fsp3) is 0.889. The second-order valence-electron chi connectivity index (χ2n) is 15.7. The zero-order valence-corrected chi connectivity index (χ0v) is 34.5. The van der Waals surface area contributed by atoms with E-state index in [9.17, 15) is 102 Å². The molecule has 0 spiro atoms. The van der Waals surface area contributed by atoms with Gasteiger partial charge in [0.15, 0.2) is 48.2 Å². The summed E-state index contributed by atoms with van der Waals surface area (Å²) in [4.78, 5) is 0. The van der Waals surface area contributed by atoms with Gasteiger partial charge in [-0.1, -0.05) is 0 Å². The second kappa shape index (κ2) is 24.0. The highest BCUT2D eigenvalue weighted by Gasteiger charge is 2.55. The Hall–Kier alpha value is -2.36. The molecule has 4 saturated heterocycles. The third kappa shape index (κ3) is 11.6. The topological polar surface area (TPSA) is 497 Å². The van der Waals surface area contributed by atoms with Crippen LogP contribution in [0.25, 0.3) is 0 Å². The lowest BCUT2D eigenvalue weighted by molar-refractivity contribution is -0.370. The van der Waals surface area contributed by atoms with Crippen LogP contribution in [0.4, 0.5) is 0 Å². The van der Waals surface area contributed by atoms with Crippen LogP contribution in [0.3, 0.4) is 0 Å². The van der Waals surface area contributed by atoms with Crippen molar-refractivity contribution in [3.05, 3.63) is 23.0 Å². The van der Waals surface area contributed by atoms with Crippen molar-refractivity contribution in [1.29, 1.82) is 0 Å². The maximum atomic E-state index is 11.1. The summed E-state index contributed by atoms with van der Waals surface area (Å²) in [6, 6.07) is 0. The first-order valence-electron chi connectivity index (χ1n) is 20.5. The first kappa shape index (κ1) is 54.6. The van der Waals surface area contributed by atoms with E-state index in [0.29, 0.717) is 0 Å². The summed E-state index contributed by atoms with van der Waals surface area (Å²) in [5, 5.41) is 214. The van der Waals surface area contributed by atoms with Gasteiger partial charge in [-0.05, 0) is 0 Å². The van der Waals surface area contributed by atoms with Gasteiger partial charge in [0.05, 0.1) is 26.4 Å². The van der Waals surface area contributed by atoms with Crippen molar-refractivity contribution >= 4 is 0 Å². The second-order valence-corrected chi connectivity index (χ2v) is 15.7. The highest BCUT2D eigenvalue weighted by atomic mass is 16.8. The normalized spacial score (nSPS) is 49.6. The summed E-state index contributed by atoms with van der Waals surface area (Å²) in [6.07, 6.45) is -51.2. The number of ether oxygens (including phenoxy) is 10. The van der Waals surface area contributed by atoms with Crippen LogP contribution in [0.15, 0.2) is 23.0 Å². The van der Waals surface area contributed by atoms with E-state index in [2.05, 4.69) is 0 Å². The highest BCUT2D eigenvalue weighted by molar-refractivity contribution is 5.10. The molecule has 8 bridgehead atoms. The summed E-state index contributed by atoms with van der Waals surface area (Å²) >= 11 is 0. The van der Waals surface area contributed by atoms with Gasteiger partial charge in [0.25, 0.3) is 0 Å². The molecule has 24 atom stereocenters. The molecule has 0 radical (unpaired) electrons. The van der Waals surface area contributed by atoms with Gasteiger partial charge in [-0.2, -0.15) is 0 Å². The average molecular weight is 973 g/mol. The molecule has 0 aromatic heterocycles. The fourth-order valence-corrected chi connectivity index (χ4v) is 7.75. The number of hydrogen-bond donors (Lipinski definition) is 20. The molecule has 384 valence electrons. The van der Waals surface area contributed by atoms with E-state index in [1.165, 1.54) is 0 Å². The summed E-state index contributed by atoms with van der Waals surface area (Å²) in [7, 11) is 0. The molecule has 12 unspecified atom stereocenters. The van der Waals surface area contributed by atoms with Crippen molar-refractivity contribution in [2.75, 3.05) is 39.6 Å². The zero-order valence-electron chi connectivity index (χ0n) is 34.5. The number of aliphatic hydroxyl groups is 20. The van der Waals surface area contributed by atoms with Crippen LogP contribution in [0, 0.1) is 0 Å². The first-order valence-corrected chi connectivity index (χ1v) is 20.5. The molecule has 66 heavy (non-hydrogen) atoms. The quantitative estimate of drug-likeness (QED) is 0.107. The summed E-state index contributed by atoms with van der Waals surface area (Å²) in [6.45, 7) is -5.92. The standard InChI is InChI=1S/C36H60O30/c37-3-1-9-15(43)21(49)31(55)63-27-11(5-39)61-36(25(53)17(27)45)66-30-14(8-42)60-34(24(52)20(30)48)58-10(2-4-38)16(44)22(50)32(56)64-28-12(6-40)62-35(26(54)18(28)46)65-29-13(7-41)59-33(57-9)23(51)19(29)47/h9-14,17-20,23-56H,1-8H2/b21-15-,22-16-/t9-,10-,11?,12?,13?,14?,17?,18?,19?,20?,23?,24?,25?,26?,27-,28-,29-,30-,31-,32-,33+,34+,35-,36-/m1/s1. The molecule has 0 saturated carbocycles. The van der Waals surface area contributed by atoms with Crippen molar-refractivity contribution in [1.82, 2.24) is 0 Å². The Morgan fingerprint density at radius 2 is 0.530 bits per heavy atom. The van der Waals surface area contributed by atoms with Crippen molar-refractivity contribution in [3.8, 4) is 0 Å². The van der Waals surface area contributed by atoms with Gasteiger partial charge in [-0.3, -0.25) is 0 Å². The maximum Gasteiger partial charge on any atom is 0.218 e. The molecule has 4 fully saturated rings. The van der Waals surface area contributed by atoms with Gasteiger partial charge < -0.3 is 149 Å². The van der Waals surface area contributed by atoms with Gasteiger partial charge in [0, 0.05) is 26.1 Å². The number of rotatable bonds is 8. The molecule has 0 aromatic rings. The van der Waals surface area contributed by atoms with Gasteiger partial charge in [0.2, 0.25) is 12.6 Å². The van der Waals surface area contributed by atoms with Gasteiger partial charge in [0.1, 0.15) is 110 Å². The lowest BCUT2D eigenvalue weighted by atomic mass is 9.96. The average Bonchev–Trinajstić information content (AvgIpc) is 3.30. The smallest absolute Gasteiger partial charge is 0.218 e. The Kier molecular flexibility index (Phi) is 19.8. The number of hydrogen-bond acceptors (Lipinski definition) is 30. The Morgan fingerprint density at radius 3 is 0.773 bits per heavy atom. The molecular formula is C36H60O30. The molecule has 11 heterocycles. The molecule has 11 aliphatic heterocycles. The minimum absolute atomic E-state index is 0.648. The summed E-state index contributed by atoms with van der Waals surface area (Å²) in [5.74, 6) is -5.60. The maximum absolute atomic E-state index is 11.1. The van der Waals surface area contributed by atoms with Crippen LogP contribution in [0.1, 0.15) is 12.8 Å². The highest BCUT2D eigenvalue weighted by Crippen LogP contribution is 2.35. The van der Waals surface area contributed by atoms with E-state index in [0.717, 1.165) is 0 Å². The van der Waals surface area contributed by atoms with E-state index < -0.39 is 223 Å². The Balaban J connectivity index is 1.51. The molecule has 11 aliphatic rings. The molecule has 30 heteroatoms. The molecule has 30 nitrogen and oxygen atoms in total. The van der Waals surface area contributed by atoms with Gasteiger partial charge >= 0.3 is 0 Å². The molecule has 11 rings (SSSR count). The molecule has 0 aromatic carbocycles. The van der Waals surface area contributed by atoms with Crippen LogP contribution in [-0.2, 0) is 47.4 Å². The van der Waals surface area contributed by atoms with Gasteiger partial charge in [-0.25, -0.2) is 0 Å². The minimum atomic E-state index is -2.67. The summed E-state index contributed by atoms with van der Waals surface area (Å²) < 4.78 is 54.8. The Labute approximate surface area is 372 Å². The van der Waals surface area contributed by atoms with Crippen LogP contribution in [0.2, 0.25) is 0 Å². The predicted molar refractivity (Wildman–Crippen MR) is 200 cm³/mol. The van der Waals surface area contributed by atoms with Crippen molar-refractivity contribution in [2.24, 2.45) is 0 Å². The molecule has 0 aliphatic carbocycles. The lowest BCUT2D eigenvalue weighted by Crippen LogP contribution is -2.65. The van der Waals surface area contributed by atoms with E-state index in [-0.39, 0.29) is 0 Å². The van der Waals surface area contributed by atoms with Crippen LogP contribution < -0.4 is 0 Å². The van der Waals surface area contributed by atoms with E-state index in [1.54, 1.807) is 0 Å². The van der Waals surface area contributed by atoms with Gasteiger partial charge in [-0.15, -0.1) is 0 Å². The Bertz CT molecular complexity index is 1450. The molecule has 20 N–H and O–H groups in total. The largest absolute Gasteiger partial charge is 0.506 e. The van der Waals surface area contributed by atoms with Crippen LogP contribution in [-0.4, -0.2) is 289 Å². The monoisotopic (exact) mass is 972 g/mol. The third-order valence-corrected chi connectivity index (χ3v) is 11.4. The van der Waals surface area contributed by atoms with Crippen molar-refractivity contribution in [3.63, 3.8) is 0 Å². The minimum Gasteiger partial charge on any atom is -0.506 e. The summed E-state index contributed by atoms with van der Waals surface area (Å²) in [5.41, 5.74) is 0. The first-order chi connectivity index (χ1) is 31.3. The predicted octanol–water partition coefficient (Wildman–Crippen LogP) is -9.88. The van der Waals surface area contributed by atoms with Crippen LogP contribution in [0.5, 0.6) is 0 Å². The lowest BCUT2D eigenvalue weighted by Gasteiger charge is -2.47. The van der Waals surface area contributed by atoms with E-state index >= 15 is 0 Å². The Morgan fingerprint density at radius 1 is 0.288 bits per heavy atom. The third-order valence-electron chi connectivity index (χ3n) is 11.4. The van der Waals surface area contributed by atoms with Crippen molar-refractivity contribution in [2.45, 2.75) is 160 Å². The van der Waals surface area contributed by atoms with Crippen LogP contribution >= 0.6 is 0 Å². The van der Waals surface area contributed by atoms with E-state index in [4.69, 9.17) is 47.4 Å². The van der Waals surface area contributed by atoms with Crippen molar-refractivity contribution < 1.29 is 149 Å². The molecule has 0 amide bonds.